The highest BCUT2D eigenvalue weighted by Gasteiger charge is 2.16. The predicted octanol–water partition coefficient (Wildman–Crippen LogP) is 8.01. The van der Waals surface area contributed by atoms with E-state index in [1.165, 1.54) is 89.9 Å². The Morgan fingerprint density at radius 1 is 0.409 bits per heavy atom. The van der Waals surface area contributed by atoms with Gasteiger partial charge in [0.15, 0.2) is 0 Å². The normalized spacial score (nSPS) is 33.3. The third-order valence-corrected chi connectivity index (χ3v) is 6.73. The Kier molecular flexibility index (Phi) is 11.3. The molecule has 4 atom stereocenters. The second kappa shape index (κ2) is 12.4. The number of hydrogen-bond acceptors (Lipinski definition) is 0. The molecule has 0 N–H and O–H groups in total. The third-order valence-electron chi connectivity index (χ3n) is 6.73. The van der Waals surface area contributed by atoms with Crippen LogP contribution in [0.5, 0.6) is 0 Å². The standard InChI is InChI=1S/C22H44/c1-5-19-11-9-12-21(7-3)17-18-22(8-4)14-10-13-20(6-2)16-15-19/h19-22H,5-18H2,1-4H3. The van der Waals surface area contributed by atoms with Crippen molar-refractivity contribution in [2.75, 3.05) is 0 Å². The van der Waals surface area contributed by atoms with Crippen molar-refractivity contribution in [3.63, 3.8) is 0 Å². The molecule has 0 radical (unpaired) electrons. The SMILES string of the molecule is CCC1CCCC(CC)CCC(CC)CCCC(CC)CC1. The number of hydrogen-bond donors (Lipinski definition) is 0. The Labute approximate surface area is 141 Å². The second-order valence-corrected chi connectivity index (χ2v) is 8.11. The van der Waals surface area contributed by atoms with Gasteiger partial charge in [-0.05, 0) is 23.7 Å². The summed E-state index contributed by atoms with van der Waals surface area (Å²) in [5, 5.41) is 0. The van der Waals surface area contributed by atoms with Gasteiger partial charge in [-0.2, -0.15) is 0 Å². The van der Waals surface area contributed by atoms with Crippen LogP contribution in [0.1, 0.15) is 118 Å². The maximum absolute atomic E-state index is 2.41. The zero-order valence-corrected chi connectivity index (χ0v) is 16.2. The van der Waals surface area contributed by atoms with Crippen LogP contribution in [0.15, 0.2) is 0 Å². The van der Waals surface area contributed by atoms with Crippen LogP contribution in [0.25, 0.3) is 0 Å². The maximum atomic E-state index is 2.41. The minimum Gasteiger partial charge on any atom is -0.0651 e. The summed E-state index contributed by atoms with van der Waals surface area (Å²) in [7, 11) is 0. The van der Waals surface area contributed by atoms with E-state index in [4.69, 9.17) is 0 Å². The van der Waals surface area contributed by atoms with E-state index in [2.05, 4.69) is 27.7 Å². The molecule has 1 aliphatic rings. The van der Waals surface area contributed by atoms with Crippen molar-refractivity contribution >= 4 is 0 Å². The largest absolute Gasteiger partial charge is 0.0651 e. The van der Waals surface area contributed by atoms with Crippen LogP contribution in [0.2, 0.25) is 0 Å². The highest BCUT2D eigenvalue weighted by atomic mass is 14.2. The van der Waals surface area contributed by atoms with Gasteiger partial charge in [-0.3, -0.25) is 0 Å². The van der Waals surface area contributed by atoms with Gasteiger partial charge in [-0.15, -0.1) is 0 Å². The van der Waals surface area contributed by atoms with Crippen molar-refractivity contribution in [1.29, 1.82) is 0 Å². The predicted molar refractivity (Wildman–Crippen MR) is 101 cm³/mol. The molecule has 132 valence electrons. The van der Waals surface area contributed by atoms with Gasteiger partial charge in [-0.25, -0.2) is 0 Å². The van der Waals surface area contributed by atoms with Crippen molar-refractivity contribution < 1.29 is 0 Å². The average molecular weight is 309 g/mol. The molecule has 1 rings (SSSR count). The van der Waals surface area contributed by atoms with E-state index in [0.717, 1.165) is 23.7 Å². The molecule has 1 saturated carbocycles. The Balaban J connectivity index is 2.56. The zero-order valence-electron chi connectivity index (χ0n) is 16.2. The van der Waals surface area contributed by atoms with Gasteiger partial charge in [0, 0.05) is 0 Å². The second-order valence-electron chi connectivity index (χ2n) is 8.11. The van der Waals surface area contributed by atoms with Gasteiger partial charge < -0.3 is 0 Å². The van der Waals surface area contributed by atoms with Gasteiger partial charge in [0.1, 0.15) is 0 Å². The average Bonchev–Trinajstić information content (AvgIpc) is 2.56. The lowest BCUT2D eigenvalue weighted by atomic mass is 9.82. The topological polar surface area (TPSA) is 0 Å². The molecule has 0 heteroatoms. The molecule has 0 nitrogen and oxygen atoms in total. The maximum Gasteiger partial charge on any atom is -0.0417 e. The van der Waals surface area contributed by atoms with Crippen LogP contribution in [0, 0.1) is 23.7 Å². The highest BCUT2D eigenvalue weighted by molar-refractivity contribution is 4.69. The summed E-state index contributed by atoms with van der Waals surface area (Å²) in [6.07, 6.45) is 20.6. The number of rotatable bonds is 4. The Bertz CT molecular complexity index is 194. The highest BCUT2D eigenvalue weighted by Crippen LogP contribution is 2.31. The minimum atomic E-state index is 1.01. The molecule has 0 spiro atoms. The van der Waals surface area contributed by atoms with E-state index in [1.54, 1.807) is 0 Å². The molecular weight excluding hydrogens is 264 g/mol. The summed E-state index contributed by atoms with van der Waals surface area (Å²) in [6, 6.07) is 0. The molecule has 0 aromatic rings. The summed E-state index contributed by atoms with van der Waals surface area (Å²) in [5.41, 5.74) is 0. The van der Waals surface area contributed by atoms with Gasteiger partial charge in [0.2, 0.25) is 0 Å². The van der Waals surface area contributed by atoms with Gasteiger partial charge in [0.25, 0.3) is 0 Å². The fourth-order valence-electron chi connectivity index (χ4n) is 4.54. The summed E-state index contributed by atoms with van der Waals surface area (Å²) < 4.78 is 0. The monoisotopic (exact) mass is 308 g/mol. The fourth-order valence-corrected chi connectivity index (χ4v) is 4.54. The van der Waals surface area contributed by atoms with Crippen LogP contribution in [-0.4, -0.2) is 0 Å². The first-order valence-corrected chi connectivity index (χ1v) is 10.7. The van der Waals surface area contributed by atoms with E-state index >= 15 is 0 Å². The van der Waals surface area contributed by atoms with Crippen molar-refractivity contribution in [3.05, 3.63) is 0 Å². The fraction of sp³-hybridized carbons (Fsp3) is 1.00. The molecule has 0 bridgehead atoms. The first kappa shape index (κ1) is 20.0. The van der Waals surface area contributed by atoms with Crippen LogP contribution in [-0.2, 0) is 0 Å². The van der Waals surface area contributed by atoms with Crippen molar-refractivity contribution in [3.8, 4) is 0 Å². The van der Waals surface area contributed by atoms with Crippen LogP contribution < -0.4 is 0 Å². The van der Waals surface area contributed by atoms with Crippen molar-refractivity contribution in [2.45, 2.75) is 118 Å². The summed E-state index contributed by atoms with van der Waals surface area (Å²) in [4.78, 5) is 0. The van der Waals surface area contributed by atoms with Crippen LogP contribution >= 0.6 is 0 Å². The Hall–Kier alpha value is 0. The molecular formula is C22H44. The van der Waals surface area contributed by atoms with Crippen LogP contribution in [0.3, 0.4) is 0 Å². The minimum absolute atomic E-state index is 1.01. The lowest BCUT2D eigenvalue weighted by molar-refractivity contribution is 0.287. The molecule has 0 amide bonds. The lowest BCUT2D eigenvalue weighted by Gasteiger charge is -2.24. The molecule has 1 fully saturated rings. The molecule has 22 heavy (non-hydrogen) atoms. The quantitative estimate of drug-likeness (QED) is 0.493. The first-order chi connectivity index (χ1) is 10.7. The van der Waals surface area contributed by atoms with Gasteiger partial charge in [-0.1, -0.05) is 118 Å². The molecule has 0 heterocycles. The molecule has 0 aromatic heterocycles. The third kappa shape index (κ3) is 8.02. The first-order valence-electron chi connectivity index (χ1n) is 10.7. The molecule has 0 aromatic carbocycles. The summed E-state index contributed by atoms with van der Waals surface area (Å²) >= 11 is 0. The smallest absolute Gasteiger partial charge is 0.0417 e. The molecule has 1 aliphatic carbocycles. The van der Waals surface area contributed by atoms with E-state index in [9.17, 15) is 0 Å². The van der Waals surface area contributed by atoms with Crippen molar-refractivity contribution in [1.82, 2.24) is 0 Å². The summed E-state index contributed by atoms with van der Waals surface area (Å²) in [6.45, 7) is 9.66. The lowest BCUT2D eigenvalue weighted by Crippen LogP contribution is -2.10. The van der Waals surface area contributed by atoms with E-state index in [1.807, 2.05) is 0 Å². The van der Waals surface area contributed by atoms with Gasteiger partial charge >= 0.3 is 0 Å². The summed E-state index contributed by atoms with van der Waals surface area (Å²) in [5.74, 6) is 4.05. The van der Waals surface area contributed by atoms with E-state index in [-0.39, 0.29) is 0 Å². The molecule has 0 saturated heterocycles. The van der Waals surface area contributed by atoms with Crippen LogP contribution in [0.4, 0.5) is 0 Å². The van der Waals surface area contributed by atoms with E-state index in [0.29, 0.717) is 0 Å². The Morgan fingerprint density at radius 2 is 0.636 bits per heavy atom. The molecule has 0 aliphatic heterocycles. The van der Waals surface area contributed by atoms with Crippen molar-refractivity contribution in [2.24, 2.45) is 23.7 Å². The Morgan fingerprint density at radius 3 is 0.818 bits per heavy atom. The van der Waals surface area contributed by atoms with Gasteiger partial charge in [0.05, 0.1) is 0 Å². The van der Waals surface area contributed by atoms with E-state index < -0.39 is 0 Å². The molecule has 4 unspecified atom stereocenters. The zero-order chi connectivity index (χ0) is 16.2.